The third kappa shape index (κ3) is 2.72. The van der Waals surface area contributed by atoms with Crippen molar-refractivity contribution < 1.29 is 4.79 Å². The summed E-state index contributed by atoms with van der Waals surface area (Å²) in [4.78, 5) is 20.6. The summed E-state index contributed by atoms with van der Waals surface area (Å²) < 4.78 is 0. The summed E-state index contributed by atoms with van der Waals surface area (Å²) in [7, 11) is 0. The lowest BCUT2D eigenvalue weighted by Crippen LogP contribution is -2.51. The highest BCUT2D eigenvalue weighted by Gasteiger charge is 2.54. The SMILES string of the molecule is O=C(Nc1cccc(C2CN3CCSC3=N2)c1)C12CC3CC(CC(C3)C1)C2. The van der Waals surface area contributed by atoms with Gasteiger partial charge in [0.2, 0.25) is 5.91 Å². The van der Waals surface area contributed by atoms with Crippen molar-refractivity contribution in [3.8, 4) is 0 Å². The number of carbonyl (C=O) groups is 1. The van der Waals surface area contributed by atoms with Gasteiger partial charge in [-0.15, -0.1) is 0 Å². The number of benzene rings is 1. The predicted octanol–water partition coefficient (Wildman–Crippen LogP) is 4.30. The minimum absolute atomic E-state index is 0.0856. The summed E-state index contributed by atoms with van der Waals surface area (Å²) >= 11 is 1.86. The van der Waals surface area contributed by atoms with Gasteiger partial charge in [0.15, 0.2) is 5.17 Å². The summed E-state index contributed by atoms with van der Waals surface area (Å²) in [5.74, 6) is 3.84. The van der Waals surface area contributed by atoms with E-state index in [1.165, 1.54) is 30.0 Å². The van der Waals surface area contributed by atoms with Gasteiger partial charge in [-0.05, 0) is 74.0 Å². The van der Waals surface area contributed by atoms with Gasteiger partial charge in [-0.25, -0.2) is 0 Å². The van der Waals surface area contributed by atoms with E-state index in [0.717, 1.165) is 61.5 Å². The van der Waals surface area contributed by atoms with Gasteiger partial charge in [0, 0.05) is 24.5 Å². The maximum absolute atomic E-state index is 13.3. The van der Waals surface area contributed by atoms with E-state index in [4.69, 9.17) is 4.99 Å². The number of anilines is 1. The molecule has 1 N–H and O–H groups in total. The highest BCUT2D eigenvalue weighted by Crippen LogP contribution is 2.60. The van der Waals surface area contributed by atoms with Crippen molar-refractivity contribution in [2.45, 2.75) is 44.6 Å². The minimum atomic E-state index is -0.0856. The molecule has 4 saturated carbocycles. The second-order valence-corrected chi connectivity index (χ2v) is 10.6. The molecule has 6 aliphatic rings. The van der Waals surface area contributed by atoms with Crippen molar-refractivity contribution in [3.63, 3.8) is 0 Å². The highest BCUT2D eigenvalue weighted by atomic mass is 32.2. The number of fused-ring (bicyclic) bond motifs is 1. The molecule has 0 aromatic heterocycles. The minimum Gasteiger partial charge on any atom is -0.348 e. The zero-order chi connectivity index (χ0) is 18.0. The lowest BCUT2D eigenvalue weighted by molar-refractivity contribution is -0.140. The second-order valence-electron chi connectivity index (χ2n) is 9.50. The maximum Gasteiger partial charge on any atom is 0.230 e. The molecule has 5 heteroatoms. The summed E-state index contributed by atoms with van der Waals surface area (Å²) in [6, 6.07) is 8.63. The lowest BCUT2D eigenvalue weighted by atomic mass is 9.49. The van der Waals surface area contributed by atoms with Gasteiger partial charge < -0.3 is 10.2 Å². The van der Waals surface area contributed by atoms with E-state index in [0.29, 0.717) is 0 Å². The monoisotopic (exact) mass is 381 g/mol. The predicted molar refractivity (Wildman–Crippen MR) is 110 cm³/mol. The van der Waals surface area contributed by atoms with Crippen LogP contribution in [-0.4, -0.2) is 34.8 Å². The Morgan fingerprint density at radius 1 is 1.15 bits per heavy atom. The Morgan fingerprint density at radius 3 is 2.59 bits per heavy atom. The fourth-order valence-corrected chi connectivity index (χ4v) is 7.81. The fourth-order valence-electron chi connectivity index (χ4n) is 6.76. The molecule has 0 radical (unpaired) electrons. The largest absolute Gasteiger partial charge is 0.348 e. The molecule has 1 saturated heterocycles. The van der Waals surface area contributed by atoms with Crippen LogP contribution in [0.4, 0.5) is 5.69 Å². The van der Waals surface area contributed by atoms with Crippen LogP contribution in [-0.2, 0) is 4.79 Å². The average molecular weight is 382 g/mol. The molecule has 1 aromatic carbocycles. The smallest absolute Gasteiger partial charge is 0.230 e. The van der Waals surface area contributed by atoms with Crippen LogP contribution in [0.15, 0.2) is 29.3 Å². The first kappa shape index (κ1) is 16.5. The van der Waals surface area contributed by atoms with Crippen LogP contribution in [0.1, 0.15) is 50.1 Å². The molecule has 5 fully saturated rings. The first-order valence-electron chi connectivity index (χ1n) is 10.5. The third-order valence-corrected chi connectivity index (χ3v) is 8.58. The summed E-state index contributed by atoms with van der Waals surface area (Å²) in [5.41, 5.74) is 2.09. The Bertz CT molecular complexity index is 784. The Morgan fingerprint density at radius 2 is 1.89 bits per heavy atom. The summed E-state index contributed by atoms with van der Waals surface area (Å²) in [6.07, 6.45) is 7.47. The molecule has 2 aliphatic heterocycles. The van der Waals surface area contributed by atoms with Gasteiger partial charge in [-0.2, -0.15) is 0 Å². The van der Waals surface area contributed by atoms with Gasteiger partial charge in [-0.3, -0.25) is 9.79 Å². The number of hydrogen-bond acceptors (Lipinski definition) is 4. The van der Waals surface area contributed by atoms with Crippen LogP contribution in [0.25, 0.3) is 0 Å². The van der Waals surface area contributed by atoms with Crippen LogP contribution < -0.4 is 5.32 Å². The topological polar surface area (TPSA) is 44.7 Å². The Balaban J connectivity index is 1.21. The van der Waals surface area contributed by atoms with E-state index >= 15 is 0 Å². The van der Waals surface area contributed by atoms with Crippen LogP contribution in [0, 0.1) is 23.2 Å². The number of rotatable bonds is 3. The highest BCUT2D eigenvalue weighted by molar-refractivity contribution is 8.14. The molecule has 4 aliphatic carbocycles. The Hall–Kier alpha value is -1.49. The zero-order valence-electron chi connectivity index (χ0n) is 15.7. The summed E-state index contributed by atoms with van der Waals surface area (Å²) in [5, 5.41) is 4.50. The maximum atomic E-state index is 13.3. The molecular formula is C22H27N3OS. The van der Waals surface area contributed by atoms with Crippen molar-refractivity contribution >= 4 is 28.5 Å². The summed E-state index contributed by atoms with van der Waals surface area (Å²) in [6.45, 7) is 2.09. The van der Waals surface area contributed by atoms with Crippen molar-refractivity contribution in [2.75, 3.05) is 24.2 Å². The number of amides is 1. The molecule has 4 bridgehead atoms. The van der Waals surface area contributed by atoms with E-state index in [9.17, 15) is 4.79 Å². The number of thioether (sulfide) groups is 1. The molecule has 2 heterocycles. The van der Waals surface area contributed by atoms with E-state index in [1.807, 2.05) is 17.8 Å². The number of aliphatic imine (C=N–C) groups is 1. The first-order valence-corrected chi connectivity index (χ1v) is 11.5. The Kier molecular flexibility index (Phi) is 3.66. The van der Waals surface area contributed by atoms with Crippen LogP contribution in [0.2, 0.25) is 0 Å². The van der Waals surface area contributed by atoms with Crippen molar-refractivity contribution in [2.24, 2.45) is 28.2 Å². The average Bonchev–Trinajstić information content (AvgIpc) is 3.23. The van der Waals surface area contributed by atoms with Crippen molar-refractivity contribution in [1.82, 2.24) is 4.90 Å². The molecule has 1 amide bonds. The second kappa shape index (κ2) is 6.00. The van der Waals surface area contributed by atoms with Crippen LogP contribution in [0.5, 0.6) is 0 Å². The number of nitrogens with zero attached hydrogens (tertiary/aromatic N) is 2. The molecule has 1 atom stereocenters. The van der Waals surface area contributed by atoms with E-state index in [1.54, 1.807) is 0 Å². The van der Waals surface area contributed by atoms with Gasteiger partial charge >= 0.3 is 0 Å². The quantitative estimate of drug-likeness (QED) is 0.849. The number of nitrogens with one attached hydrogen (secondary N) is 1. The number of hydrogen-bond donors (Lipinski definition) is 1. The molecule has 1 aromatic rings. The number of carbonyl (C=O) groups excluding carboxylic acids is 1. The zero-order valence-corrected chi connectivity index (χ0v) is 16.5. The molecule has 142 valence electrons. The molecule has 0 spiro atoms. The molecule has 27 heavy (non-hydrogen) atoms. The number of amidine groups is 1. The van der Waals surface area contributed by atoms with Gasteiger partial charge in [0.05, 0.1) is 11.5 Å². The lowest BCUT2D eigenvalue weighted by Gasteiger charge is -2.55. The van der Waals surface area contributed by atoms with E-state index < -0.39 is 0 Å². The van der Waals surface area contributed by atoms with Gasteiger partial charge in [-0.1, -0.05) is 23.9 Å². The Labute approximate surface area is 165 Å². The normalized spacial score (nSPS) is 38.8. The first-order chi connectivity index (χ1) is 13.2. The molecule has 1 unspecified atom stereocenters. The van der Waals surface area contributed by atoms with Gasteiger partial charge in [0.1, 0.15) is 0 Å². The molecular weight excluding hydrogens is 354 g/mol. The van der Waals surface area contributed by atoms with Crippen molar-refractivity contribution in [3.05, 3.63) is 29.8 Å². The standard InChI is InChI=1S/C22H27N3OS/c26-20(22-10-14-6-15(11-22)8-16(7-14)12-22)23-18-3-1-2-17(9-18)19-13-25-4-5-27-21(25)24-19/h1-3,9,14-16,19H,4-8,10-13H2,(H,23,26). The van der Waals surface area contributed by atoms with Crippen LogP contribution in [0.3, 0.4) is 0 Å². The van der Waals surface area contributed by atoms with E-state index in [2.05, 4.69) is 28.4 Å². The third-order valence-electron chi connectivity index (χ3n) is 7.57. The molecule has 4 nitrogen and oxygen atoms in total. The van der Waals surface area contributed by atoms with Crippen LogP contribution >= 0.6 is 11.8 Å². The van der Waals surface area contributed by atoms with E-state index in [-0.39, 0.29) is 17.4 Å². The van der Waals surface area contributed by atoms with Gasteiger partial charge in [0.25, 0.3) is 0 Å². The fraction of sp³-hybridized carbons (Fsp3) is 0.636. The molecule has 7 rings (SSSR count). The van der Waals surface area contributed by atoms with Crippen molar-refractivity contribution in [1.29, 1.82) is 0 Å².